The molecule has 1 aliphatic rings. The molecule has 0 heterocycles. The van der Waals surface area contributed by atoms with E-state index in [4.69, 9.17) is 4.74 Å². The van der Waals surface area contributed by atoms with Gasteiger partial charge in [0.1, 0.15) is 5.75 Å². The molecule has 4 nitrogen and oxygen atoms in total. The monoisotopic (exact) mass is 263 g/mol. The SMILES string of the molecule is COc1ccc(C(C)C)cc1NCC1(C(=O)O)CC1. The van der Waals surface area contributed by atoms with Crippen LogP contribution >= 0.6 is 0 Å². The zero-order chi connectivity index (χ0) is 14.0. The van der Waals surface area contributed by atoms with Crippen LogP contribution in [0.25, 0.3) is 0 Å². The number of ether oxygens (including phenoxy) is 1. The van der Waals surface area contributed by atoms with Gasteiger partial charge in [-0.1, -0.05) is 19.9 Å². The summed E-state index contributed by atoms with van der Waals surface area (Å²) in [4.78, 5) is 11.2. The Hall–Kier alpha value is -1.71. The molecule has 0 radical (unpaired) electrons. The molecule has 0 amide bonds. The standard InChI is InChI=1S/C15H21NO3/c1-10(2)11-4-5-13(19-3)12(8-11)16-9-15(6-7-15)14(17)18/h4-5,8,10,16H,6-7,9H2,1-3H3,(H,17,18). The first-order chi connectivity index (χ1) is 8.98. The van der Waals surface area contributed by atoms with E-state index in [9.17, 15) is 9.90 Å². The third kappa shape index (κ3) is 2.83. The lowest BCUT2D eigenvalue weighted by Crippen LogP contribution is -2.24. The van der Waals surface area contributed by atoms with Gasteiger partial charge in [0.15, 0.2) is 0 Å². The predicted octanol–water partition coefficient (Wildman–Crippen LogP) is 3.10. The molecule has 19 heavy (non-hydrogen) atoms. The Morgan fingerprint density at radius 2 is 2.16 bits per heavy atom. The molecule has 4 heteroatoms. The number of aliphatic carboxylic acids is 1. The molecule has 0 bridgehead atoms. The predicted molar refractivity (Wildman–Crippen MR) is 74.9 cm³/mol. The van der Waals surface area contributed by atoms with Crippen LogP contribution in [-0.4, -0.2) is 24.7 Å². The van der Waals surface area contributed by atoms with Crippen molar-refractivity contribution in [3.05, 3.63) is 23.8 Å². The lowest BCUT2D eigenvalue weighted by Gasteiger charge is -2.17. The summed E-state index contributed by atoms with van der Waals surface area (Å²) in [5, 5.41) is 12.4. The van der Waals surface area contributed by atoms with Gasteiger partial charge in [0.05, 0.1) is 18.2 Å². The summed E-state index contributed by atoms with van der Waals surface area (Å²) in [5.74, 6) is 0.477. The van der Waals surface area contributed by atoms with E-state index in [2.05, 4.69) is 19.2 Å². The molecule has 1 aromatic carbocycles. The van der Waals surface area contributed by atoms with Gasteiger partial charge < -0.3 is 15.2 Å². The average molecular weight is 263 g/mol. The highest BCUT2D eigenvalue weighted by Gasteiger charge is 2.50. The molecule has 104 valence electrons. The van der Waals surface area contributed by atoms with Crippen molar-refractivity contribution < 1.29 is 14.6 Å². The summed E-state index contributed by atoms with van der Waals surface area (Å²) >= 11 is 0. The number of hydrogen-bond acceptors (Lipinski definition) is 3. The molecule has 0 atom stereocenters. The number of methoxy groups -OCH3 is 1. The highest BCUT2D eigenvalue weighted by atomic mass is 16.5. The molecule has 1 aromatic rings. The van der Waals surface area contributed by atoms with E-state index in [0.717, 1.165) is 24.3 Å². The van der Waals surface area contributed by atoms with Gasteiger partial charge in [-0.3, -0.25) is 4.79 Å². The maximum atomic E-state index is 11.2. The third-order valence-corrected chi connectivity index (χ3v) is 3.81. The van der Waals surface area contributed by atoms with Gasteiger partial charge >= 0.3 is 5.97 Å². The smallest absolute Gasteiger partial charge is 0.311 e. The quantitative estimate of drug-likeness (QED) is 0.828. The van der Waals surface area contributed by atoms with Gasteiger partial charge in [0, 0.05) is 6.54 Å². The third-order valence-electron chi connectivity index (χ3n) is 3.81. The van der Waals surface area contributed by atoms with Gasteiger partial charge in [-0.2, -0.15) is 0 Å². The summed E-state index contributed by atoms with van der Waals surface area (Å²) in [6.45, 7) is 4.72. The van der Waals surface area contributed by atoms with E-state index in [0.29, 0.717) is 12.5 Å². The molecular weight excluding hydrogens is 242 g/mol. The van der Waals surface area contributed by atoms with E-state index in [-0.39, 0.29) is 0 Å². The highest BCUT2D eigenvalue weighted by Crippen LogP contribution is 2.46. The van der Waals surface area contributed by atoms with Crippen LogP contribution in [0.4, 0.5) is 5.69 Å². The Bertz CT molecular complexity index is 478. The molecular formula is C15H21NO3. The molecule has 2 rings (SSSR count). The molecule has 0 aliphatic heterocycles. The number of rotatable bonds is 6. The topological polar surface area (TPSA) is 58.6 Å². The fraction of sp³-hybridized carbons (Fsp3) is 0.533. The van der Waals surface area contributed by atoms with Gasteiger partial charge in [-0.25, -0.2) is 0 Å². The van der Waals surface area contributed by atoms with E-state index < -0.39 is 11.4 Å². The van der Waals surface area contributed by atoms with Crippen LogP contribution < -0.4 is 10.1 Å². The fourth-order valence-electron chi connectivity index (χ4n) is 2.10. The van der Waals surface area contributed by atoms with Crippen molar-refractivity contribution >= 4 is 11.7 Å². The average Bonchev–Trinajstić information content (AvgIpc) is 3.17. The number of carboxylic acid groups (broad SMARTS) is 1. The normalized spacial score (nSPS) is 16.2. The van der Waals surface area contributed by atoms with Crippen molar-refractivity contribution in [1.29, 1.82) is 0 Å². The Labute approximate surface area is 113 Å². The number of benzene rings is 1. The van der Waals surface area contributed by atoms with Gasteiger partial charge in [-0.15, -0.1) is 0 Å². The zero-order valence-electron chi connectivity index (χ0n) is 11.7. The first-order valence-corrected chi connectivity index (χ1v) is 6.64. The van der Waals surface area contributed by atoms with Crippen LogP contribution in [0.3, 0.4) is 0 Å². The molecule has 0 unspecified atom stereocenters. The van der Waals surface area contributed by atoms with Crippen LogP contribution in [0, 0.1) is 5.41 Å². The minimum Gasteiger partial charge on any atom is -0.495 e. The van der Waals surface area contributed by atoms with Crippen molar-refractivity contribution in [2.24, 2.45) is 5.41 Å². The van der Waals surface area contributed by atoms with Crippen molar-refractivity contribution in [1.82, 2.24) is 0 Å². The molecule has 0 aromatic heterocycles. The van der Waals surface area contributed by atoms with Crippen LogP contribution in [0.15, 0.2) is 18.2 Å². The summed E-state index contributed by atoms with van der Waals surface area (Å²) in [6.07, 6.45) is 1.50. The zero-order valence-corrected chi connectivity index (χ0v) is 11.7. The van der Waals surface area contributed by atoms with Gasteiger partial charge in [0.2, 0.25) is 0 Å². The largest absolute Gasteiger partial charge is 0.495 e. The van der Waals surface area contributed by atoms with Crippen molar-refractivity contribution in [2.45, 2.75) is 32.6 Å². The number of carboxylic acids is 1. The number of anilines is 1. The molecule has 0 spiro atoms. The summed E-state index contributed by atoms with van der Waals surface area (Å²) in [6, 6.07) is 6.01. The molecule has 1 aliphatic carbocycles. The van der Waals surface area contributed by atoms with Crippen LogP contribution in [-0.2, 0) is 4.79 Å². The van der Waals surface area contributed by atoms with Crippen molar-refractivity contribution in [3.63, 3.8) is 0 Å². The van der Waals surface area contributed by atoms with Crippen LogP contribution in [0.5, 0.6) is 5.75 Å². The van der Waals surface area contributed by atoms with Crippen molar-refractivity contribution in [2.75, 3.05) is 19.0 Å². The van der Waals surface area contributed by atoms with E-state index in [1.807, 2.05) is 18.2 Å². The number of carbonyl (C=O) groups is 1. The van der Waals surface area contributed by atoms with E-state index in [1.165, 1.54) is 5.56 Å². The second-order valence-corrected chi connectivity index (χ2v) is 5.55. The van der Waals surface area contributed by atoms with E-state index in [1.54, 1.807) is 7.11 Å². The molecule has 0 saturated heterocycles. The first-order valence-electron chi connectivity index (χ1n) is 6.64. The number of hydrogen-bond donors (Lipinski definition) is 2. The van der Waals surface area contributed by atoms with Crippen LogP contribution in [0.1, 0.15) is 38.2 Å². The Kier molecular flexibility index (Phi) is 3.69. The van der Waals surface area contributed by atoms with Gasteiger partial charge in [0.25, 0.3) is 0 Å². The highest BCUT2D eigenvalue weighted by molar-refractivity contribution is 5.78. The van der Waals surface area contributed by atoms with Gasteiger partial charge in [-0.05, 0) is 36.5 Å². The first kappa shape index (κ1) is 13.7. The maximum Gasteiger partial charge on any atom is 0.311 e. The summed E-state index contributed by atoms with van der Waals surface area (Å²) in [7, 11) is 1.62. The lowest BCUT2D eigenvalue weighted by atomic mass is 10.0. The fourth-order valence-corrected chi connectivity index (χ4v) is 2.10. The second-order valence-electron chi connectivity index (χ2n) is 5.55. The second kappa shape index (κ2) is 5.11. The maximum absolute atomic E-state index is 11.2. The summed E-state index contributed by atoms with van der Waals surface area (Å²) < 4.78 is 5.32. The lowest BCUT2D eigenvalue weighted by molar-refractivity contribution is -0.142. The Morgan fingerprint density at radius 3 is 2.63 bits per heavy atom. The molecule has 1 fully saturated rings. The molecule has 2 N–H and O–H groups in total. The molecule has 1 saturated carbocycles. The Balaban J connectivity index is 2.14. The minimum absolute atomic E-state index is 0.431. The van der Waals surface area contributed by atoms with Crippen molar-refractivity contribution in [3.8, 4) is 5.75 Å². The number of nitrogens with one attached hydrogen (secondary N) is 1. The van der Waals surface area contributed by atoms with Crippen LogP contribution in [0.2, 0.25) is 0 Å². The van der Waals surface area contributed by atoms with E-state index >= 15 is 0 Å². The summed E-state index contributed by atoms with van der Waals surface area (Å²) in [5.41, 5.74) is 1.52. The Morgan fingerprint density at radius 1 is 1.47 bits per heavy atom. The minimum atomic E-state index is -0.709.